The number of ether oxygens (including phenoxy) is 2. The van der Waals surface area contributed by atoms with Gasteiger partial charge in [-0.1, -0.05) is 41.9 Å². The number of amides is 1. The standard InChI is InChI=1S/C20H20ClNO4/c1-25-20(24)15-9-10-17(16(21)11-15)26-12-18(23)22-19(14-7-8-14)13-5-3-2-4-6-13/h2-6,9-11,14,19H,7-8,12H2,1H3,(H,22,23). The van der Waals surface area contributed by atoms with Crippen molar-refractivity contribution in [3.8, 4) is 5.75 Å². The minimum absolute atomic E-state index is 0.00414. The van der Waals surface area contributed by atoms with Gasteiger partial charge in [-0.25, -0.2) is 4.79 Å². The topological polar surface area (TPSA) is 64.6 Å². The van der Waals surface area contributed by atoms with Crippen molar-refractivity contribution < 1.29 is 19.1 Å². The molecule has 0 heterocycles. The van der Waals surface area contributed by atoms with Crippen LogP contribution in [-0.2, 0) is 9.53 Å². The van der Waals surface area contributed by atoms with Gasteiger partial charge >= 0.3 is 5.97 Å². The average molecular weight is 374 g/mol. The predicted octanol–water partition coefficient (Wildman–Crippen LogP) is 3.77. The summed E-state index contributed by atoms with van der Waals surface area (Å²) in [5.41, 5.74) is 1.43. The van der Waals surface area contributed by atoms with Gasteiger partial charge in [0.1, 0.15) is 5.75 Å². The Morgan fingerprint density at radius 1 is 1.19 bits per heavy atom. The first-order valence-electron chi connectivity index (χ1n) is 8.43. The smallest absolute Gasteiger partial charge is 0.337 e. The molecule has 2 aromatic carbocycles. The molecule has 0 radical (unpaired) electrons. The average Bonchev–Trinajstić information content (AvgIpc) is 3.50. The molecule has 1 saturated carbocycles. The van der Waals surface area contributed by atoms with Crippen LogP contribution in [-0.4, -0.2) is 25.6 Å². The maximum absolute atomic E-state index is 12.3. The Hall–Kier alpha value is -2.53. The van der Waals surface area contributed by atoms with Crippen LogP contribution in [0.1, 0.15) is 34.8 Å². The van der Waals surface area contributed by atoms with Crippen molar-refractivity contribution in [2.45, 2.75) is 18.9 Å². The highest BCUT2D eigenvalue weighted by Gasteiger charge is 2.33. The zero-order valence-corrected chi connectivity index (χ0v) is 15.2. The lowest BCUT2D eigenvalue weighted by molar-refractivity contribution is -0.124. The molecule has 0 aliphatic heterocycles. The molecule has 0 spiro atoms. The van der Waals surface area contributed by atoms with Crippen molar-refractivity contribution in [3.05, 3.63) is 64.7 Å². The van der Waals surface area contributed by atoms with E-state index in [9.17, 15) is 9.59 Å². The van der Waals surface area contributed by atoms with Gasteiger partial charge in [-0.2, -0.15) is 0 Å². The first kappa shape index (κ1) is 18.3. The van der Waals surface area contributed by atoms with E-state index in [-0.39, 0.29) is 23.6 Å². The maximum atomic E-state index is 12.3. The highest BCUT2D eigenvalue weighted by atomic mass is 35.5. The third-order valence-corrected chi connectivity index (χ3v) is 4.58. The van der Waals surface area contributed by atoms with Gasteiger partial charge < -0.3 is 14.8 Å². The van der Waals surface area contributed by atoms with E-state index in [0.717, 1.165) is 18.4 Å². The summed E-state index contributed by atoms with van der Waals surface area (Å²) in [6, 6.07) is 14.5. The summed E-state index contributed by atoms with van der Waals surface area (Å²) in [5, 5.41) is 3.29. The van der Waals surface area contributed by atoms with Gasteiger partial charge in [-0.05, 0) is 42.5 Å². The quantitative estimate of drug-likeness (QED) is 0.750. The first-order valence-corrected chi connectivity index (χ1v) is 8.81. The summed E-state index contributed by atoms with van der Waals surface area (Å²) in [6.07, 6.45) is 2.23. The number of hydrogen-bond acceptors (Lipinski definition) is 4. The molecule has 1 amide bonds. The number of rotatable bonds is 7. The second-order valence-corrected chi connectivity index (χ2v) is 6.63. The summed E-state index contributed by atoms with van der Waals surface area (Å²) in [5.74, 6) is 0.131. The van der Waals surface area contributed by atoms with Crippen molar-refractivity contribution in [2.75, 3.05) is 13.7 Å². The van der Waals surface area contributed by atoms with Gasteiger partial charge in [0.25, 0.3) is 5.91 Å². The van der Waals surface area contributed by atoms with E-state index < -0.39 is 5.97 Å². The fourth-order valence-corrected chi connectivity index (χ4v) is 3.02. The van der Waals surface area contributed by atoms with Gasteiger partial charge in [-0.15, -0.1) is 0 Å². The van der Waals surface area contributed by atoms with E-state index in [4.69, 9.17) is 16.3 Å². The summed E-state index contributed by atoms with van der Waals surface area (Å²) in [4.78, 5) is 23.8. The molecular formula is C20H20ClNO4. The summed E-state index contributed by atoms with van der Waals surface area (Å²) in [7, 11) is 1.30. The minimum Gasteiger partial charge on any atom is -0.482 e. The van der Waals surface area contributed by atoms with Gasteiger partial charge in [-0.3, -0.25) is 4.79 Å². The number of benzene rings is 2. The number of methoxy groups -OCH3 is 1. The number of carbonyl (C=O) groups is 2. The predicted molar refractivity (Wildman–Crippen MR) is 98.3 cm³/mol. The van der Waals surface area contributed by atoms with Crippen LogP contribution in [0.3, 0.4) is 0 Å². The fraction of sp³-hybridized carbons (Fsp3) is 0.300. The number of nitrogens with one attached hydrogen (secondary N) is 1. The van der Waals surface area contributed by atoms with Gasteiger partial charge in [0, 0.05) is 0 Å². The second kappa shape index (κ2) is 8.23. The van der Waals surface area contributed by atoms with Crippen LogP contribution in [0.25, 0.3) is 0 Å². The molecule has 1 fully saturated rings. The normalized spacial score (nSPS) is 14.4. The van der Waals surface area contributed by atoms with Gasteiger partial charge in [0.2, 0.25) is 0 Å². The Labute approximate surface area is 157 Å². The molecule has 3 rings (SSSR count). The zero-order chi connectivity index (χ0) is 18.5. The number of hydrogen-bond donors (Lipinski definition) is 1. The second-order valence-electron chi connectivity index (χ2n) is 6.22. The Morgan fingerprint density at radius 3 is 2.54 bits per heavy atom. The van der Waals surface area contributed by atoms with E-state index >= 15 is 0 Å². The van der Waals surface area contributed by atoms with Crippen LogP contribution in [0.5, 0.6) is 5.75 Å². The SMILES string of the molecule is COC(=O)c1ccc(OCC(=O)NC(c2ccccc2)C2CC2)c(Cl)c1. The highest BCUT2D eigenvalue weighted by molar-refractivity contribution is 6.32. The first-order chi connectivity index (χ1) is 12.6. The molecule has 1 aliphatic rings. The van der Waals surface area contributed by atoms with Crippen LogP contribution in [0.4, 0.5) is 0 Å². The number of halogens is 1. The van der Waals surface area contributed by atoms with E-state index in [1.807, 2.05) is 30.3 Å². The summed E-state index contributed by atoms with van der Waals surface area (Å²) in [6.45, 7) is -0.145. The summed E-state index contributed by atoms with van der Waals surface area (Å²) < 4.78 is 10.1. The molecule has 0 aromatic heterocycles. The number of esters is 1. The van der Waals surface area contributed by atoms with Crippen molar-refractivity contribution in [1.29, 1.82) is 0 Å². The highest BCUT2D eigenvalue weighted by Crippen LogP contribution is 2.40. The molecule has 26 heavy (non-hydrogen) atoms. The third kappa shape index (κ3) is 4.55. The molecule has 0 saturated heterocycles. The molecule has 1 unspecified atom stereocenters. The Morgan fingerprint density at radius 2 is 1.92 bits per heavy atom. The van der Waals surface area contributed by atoms with Crippen LogP contribution < -0.4 is 10.1 Å². The monoisotopic (exact) mass is 373 g/mol. The third-order valence-electron chi connectivity index (χ3n) is 4.28. The maximum Gasteiger partial charge on any atom is 0.337 e. The Bertz CT molecular complexity index is 790. The van der Waals surface area contributed by atoms with Crippen molar-refractivity contribution in [3.63, 3.8) is 0 Å². The van der Waals surface area contributed by atoms with Crippen molar-refractivity contribution in [1.82, 2.24) is 5.32 Å². The number of carbonyl (C=O) groups excluding carboxylic acids is 2. The molecule has 0 bridgehead atoms. The molecular weight excluding hydrogens is 354 g/mol. The van der Waals surface area contributed by atoms with E-state index in [1.54, 1.807) is 12.1 Å². The lowest BCUT2D eigenvalue weighted by Gasteiger charge is -2.19. The molecule has 136 valence electrons. The van der Waals surface area contributed by atoms with Crippen LogP contribution in [0.2, 0.25) is 5.02 Å². The van der Waals surface area contributed by atoms with E-state index in [1.165, 1.54) is 13.2 Å². The lowest BCUT2D eigenvalue weighted by atomic mass is 10.0. The Balaban J connectivity index is 1.59. The van der Waals surface area contributed by atoms with Crippen LogP contribution in [0.15, 0.2) is 48.5 Å². The Kier molecular flexibility index (Phi) is 5.78. The lowest BCUT2D eigenvalue weighted by Crippen LogP contribution is -2.33. The zero-order valence-electron chi connectivity index (χ0n) is 14.4. The molecule has 1 atom stereocenters. The molecule has 5 nitrogen and oxygen atoms in total. The molecule has 1 N–H and O–H groups in total. The fourth-order valence-electron chi connectivity index (χ4n) is 2.78. The minimum atomic E-state index is -0.480. The van der Waals surface area contributed by atoms with Crippen molar-refractivity contribution >= 4 is 23.5 Å². The van der Waals surface area contributed by atoms with Crippen molar-refractivity contribution in [2.24, 2.45) is 5.92 Å². The van der Waals surface area contributed by atoms with Crippen LogP contribution in [0, 0.1) is 5.92 Å². The molecule has 6 heteroatoms. The molecule has 2 aromatic rings. The van der Waals surface area contributed by atoms with Crippen LogP contribution >= 0.6 is 11.6 Å². The van der Waals surface area contributed by atoms with Gasteiger partial charge in [0.05, 0.1) is 23.7 Å². The largest absolute Gasteiger partial charge is 0.482 e. The van der Waals surface area contributed by atoms with E-state index in [0.29, 0.717) is 17.2 Å². The van der Waals surface area contributed by atoms with E-state index in [2.05, 4.69) is 10.1 Å². The molecule has 1 aliphatic carbocycles. The van der Waals surface area contributed by atoms with Gasteiger partial charge in [0.15, 0.2) is 6.61 Å². The summed E-state index contributed by atoms with van der Waals surface area (Å²) >= 11 is 6.11.